The molecule has 4 heteroatoms. The Morgan fingerprint density at radius 1 is 1.53 bits per heavy atom. The van der Waals surface area contributed by atoms with Crippen LogP contribution in [0.2, 0.25) is 0 Å². The van der Waals surface area contributed by atoms with Gasteiger partial charge in [0.1, 0.15) is 0 Å². The molecule has 2 unspecified atom stereocenters. The monoisotopic (exact) mass is 282 g/mol. The number of hydrogen-bond donors (Lipinski definition) is 1. The van der Waals surface area contributed by atoms with Crippen molar-refractivity contribution in [2.75, 3.05) is 5.75 Å². The largest absolute Gasteiger partial charge is 0.388 e. The number of aliphatic hydroxyl groups is 1. The van der Waals surface area contributed by atoms with E-state index in [-0.39, 0.29) is 0 Å². The van der Waals surface area contributed by atoms with Gasteiger partial charge in [0.05, 0.1) is 17.3 Å². The predicted molar refractivity (Wildman–Crippen MR) is 81.7 cm³/mol. The summed E-state index contributed by atoms with van der Waals surface area (Å²) >= 11 is 1.88. The van der Waals surface area contributed by atoms with E-state index < -0.39 is 5.60 Å². The summed E-state index contributed by atoms with van der Waals surface area (Å²) < 4.78 is 2.07. The van der Waals surface area contributed by atoms with Crippen LogP contribution in [0.3, 0.4) is 0 Å². The summed E-state index contributed by atoms with van der Waals surface area (Å²) in [6.07, 6.45) is 6.98. The summed E-state index contributed by atoms with van der Waals surface area (Å²) in [6.45, 7) is 6.54. The van der Waals surface area contributed by atoms with Gasteiger partial charge in [0.25, 0.3) is 0 Å². The Hall–Kier alpha value is -0.480. The molecule has 0 saturated carbocycles. The van der Waals surface area contributed by atoms with Crippen molar-refractivity contribution in [2.45, 2.75) is 69.8 Å². The van der Waals surface area contributed by atoms with Crippen molar-refractivity contribution in [1.29, 1.82) is 0 Å². The van der Waals surface area contributed by atoms with E-state index in [0.717, 1.165) is 31.4 Å². The van der Waals surface area contributed by atoms with Crippen molar-refractivity contribution in [3.63, 3.8) is 0 Å². The maximum atomic E-state index is 10.8. The highest BCUT2D eigenvalue weighted by atomic mass is 32.2. The Balaban J connectivity index is 2.06. The minimum atomic E-state index is -0.573. The first-order valence-electron chi connectivity index (χ1n) is 7.47. The van der Waals surface area contributed by atoms with Gasteiger partial charge in [-0.05, 0) is 37.5 Å². The maximum Gasteiger partial charge on any atom is 0.0819 e. The minimum Gasteiger partial charge on any atom is -0.388 e. The molecule has 0 radical (unpaired) electrons. The molecule has 1 aliphatic heterocycles. The van der Waals surface area contributed by atoms with Gasteiger partial charge in [0, 0.05) is 17.9 Å². The Morgan fingerprint density at radius 3 is 2.89 bits per heavy atom. The van der Waals surface area contributed by atoms with E-state index in [2.05, 4.69) is 42.8 Å². The third kappa shape index (κ3) is 3.34. The fourth-order valence-corrected chi connectivity index (χ4v) is 4.06. The first-order chi connectivity index (χ1) is 9.09. The van der Waals surface area contributed by atoms with Gasteiger partial charge in [-0.3, -0.25) is 4.68 Å². The molecule has 108 valence electrons. The molecular formula is C15H26N2OS. The van der Waals surface area contributed by atoms with Gasteiger partial charge < -0.3 is 5.11 Å². The van der Waals surface area contributed by atoms with Crippen LogP contribution in [0.1, 0.15) is 58.2 Å². The third-order valence-corrected chi connectivity index (χ3v) is 5.81. The van der Waals surface area contributed by atoms with Gasteiger partial charge in [-0.2, -0.15) is 16.9 Å². The van der Waals surface area contributed by atoms with Gasteiger partial charge in [-0.1, -0.05) is 20.8 Å². The first kappa shape index (κ1) is 14.9. The van der Waals surface area contributed by atoms with Gasteiger partial charge in [-0.15, -0.1) is 0 Å². The zero-order chi connectivity index (χ0) is 13.9. The quantitative estimate of drug-likeness (QED) is 0.899. The van der Waals surface area contributed by atoms with Crippen LogP contribution in [0.15, 0.2) is 12.3 Å². The molecule has 0 aliphatic carbocycles. The molecule has 2 heterocycles. The number of nitrogens with zero attached hydrogens (tertiary/aromatic N) is 2. The Morgan fingerprint density at radius 2 is 2.26 bits per heavy atom. The van der Waals surface area contributed by atoms with Crippen LogP contribution in [-0.2, 0) is 6.42 Å². The number of thioether (sulfide) groups is 1. The van der Waals surface area contributed by atoms with Crippen molar-refractivity contribution in [3.8, 4) is 0 Å². The van der Waals surface area contributed by atoms with E-state index in [1.807, 2.05) is 11.8 Å². The molecule has 1 aliphatic rings. The van der Waals surface area contributed by atoms with E-state index >= 15 is 0 Å². The van der Waals surface area contributed by atoms with Gasteiger partial charge in [0.15, 0.2) is 0 Å². The molecule has 0 bridgehead atoms. The normalized spacial score (nSPS) is 27.9. The second kappa shape index (κ2) is 6.31. The van der Waals surface area contributed by atoms with Crippen molar-refractivity contribution in [2.24, 2.45) is 0 Å². The molecule has 0 amide bonds. The zero-order valence-corrected chi connectivity index (χ0v) is 13.1. The summed E-state index contributed by atoms with van der Waals surface area (Å²) in [6, 6.07) is 2.56. The fourth-order valence-electron chi connectivity index (χ4n) is 2.88. The third-order valence-electron chi connectivity index (χ3n) is 4.35. The second-order valence-corrected chi connectivity index (χ2v) is 7.10. The number of hydrogen-bond acceptors (Lipinski definition) is 3. The smallest absolute Gasteiger partial charge is 0.0819 e. The molecule has 0 aromatic carbocycles. The molecule has 1 aromatic heterocycles. The Bertz CT molecular complexity index is 403. The highest BCUT2D eigenvalue weighted by Gasteiger charge is 2.37. The highest BCUT2D eigenvalue weighted by Crippen LogP contribution is 2.36. The fraction of sp³-hybridized carbons (Fsp3) is 0.800. The van der Waals surface area contributed by atoms with E-state index in [0.29, 0.717) is 17.7 Å². The van der Waals surface area contributed by atoms with Crippen LogP contribution in [-0.4, -0.2) is 31.5 Å². The molecule has 0 spiro atoms. The predicted octanol–water partition coefficient (Wildman–Crippen LogP) is 3.43. The lowest BCUT2D eigenvalue weighted by atomic mass is 9.89. The topological polar surface area (TPSA) is 38.0 Å². The minimum absolute atomic E-state index is 0.305. The first-order valence-corrected chi connectivity index (χ1v) is 8.52. The van der Waals surface area contributed by atoms with Crippen LogP contribution in [0.4, 0.5) is 0 Å². The lowest BCUT2D eigenvalue weighted by Gasteiger charge is -2.37. The summed E-state index contributed by atoms with van der Waals surface area (Å²) in [5, 5.41) is 15.8. The molecule has 19 heavy (non-hydrogen) atoms. The molecule has 1 saturated heterocycles. The number of rotatable bonds is 5. The molecule has 1 N–H and O–H groups in total. The van der Waals surface area contributed by atoms with Crippen LogP contribution < -0.4 is 0 Å². The lowest BCUT2D eigenvalue weighted by molar-refractivity contribution is 0.0286. The van der Waals surface area contributed by atoms with E-state index in [1.54, 1.807) is 0 Å². The summed E-state index contributed by atoms with van der Waals surface area (Å²) in [5.41, 5.74) is 0.458. The molecule has 2 rings (SSSR count). The van der Waals surface area contributed by atoms with Crippen LogP contribution in [0, 0.1) is 0 Å². The average molecular weight is 282 g/mol. The van der Waals surface area contributed by atoms with Gasteiger partial charge in [-0.25, -0.2) is 0 Å². The summed E-state index contributed by atoms with van der Waals surface area (Å²) in [4.78, 5) is 0. The van der Waals surface area contributed by atoms with Crippen LogP contribution in [0.5, 0.6) is 0 Å². The summed E-state index contributed by atoms with van der Waals surface area (Å²) in [5.74, 6) is 1.17. The maximum absolute atomic E-state index is 10.8. The molecule has 2 atom stereocenters. The number of aromatic nitrogens is 2. The van der Waals surface area contributed by atoms with Crippen molar-refractivity contribution in [3.05, 3.63) is 18.0 Å². The Labute approximate surface area is 120 Å². The van der Waals surface area contributed by atoms with E-state index in [4.69, 9.17) is 0 Å². The van der Waals surface area contributed by atoms with Crippen molar-refractivity contribution in [1.82, 2.24) is 9.78 Å². The molecule has 1 fully saturated rings. The highest BCUT2D eigenvalue weighted by molar-refractivity contribution is 8.00. The standard InChI is InChI=1S/C15H26N2OS/c1-4-14(5-2)17-9-7-13(16-17)11-15(18)8-6-10-19-12(15)3/h7,9,12,14,18H,4-6,8,10-11H2,1-3H3. The zero-order valence-electron chi connectivity index (χ0n) is 12.3. The molecular weight excluding hydrogens is 256 g/mol. The van der Waals surface area contributed by atoms with Crippen molar-refractivity contribution >= 4 is 11.8 Å². The van der Waals surface area contributed by atoms with E-state index in [9.17, 15) is 5.11 Å². The van der Waals surface area contributed by atoms with Gasteiger partial charge in [0.2, 0.25) is 0 Å². The van der Waals surface area contributed by atoms with Gasteiger partial charge >= 0.3 is 0 Å². The van der Waals surface area contributed by atoms with Crippen molar-refractivity contribution < 1.29 is 5.11 Å². The summed E-state index contributed by atoms with van der Waals surface area (Å²) in [7, 11) is 0. The second-order valence-electron chi connectivity index (χ2n) is 5.65. The molecule has 3 nitrogen and oxygen atoms in total. The van der Waals surface area contributed by atoms with Crippen LogP contribution >= 0.6 is 11.8 Å². The van der Waals surface area contributed by atoms with Crippen LogP contribution in [0.25, 0.3) is 0 Å². The molecule has 1 aromatic rings. The average Bonchev–Trinajstić information content (AvgIpc) is 2.83. The SMILES string of the molecule is CCC(CC)n1ccc(CC2(O)CCCSC2C)n1. The lowest BCUT2D eigenvalue weighted by Crippen LogP contribution is -2.43. The van der Waals surface area contributed by atoms with E-state index in [1.165, 1.54) is 5.75 Å². The Kier molecular flexibility index (Phi) is 4.96.